The fraction of sp³-hybridized carbons (Fsp3) is 0.188. The molecule has 0 spiro atoms. The number of rotatable bonds is 4. The van der Waals surface area contributed by atoms with Crippen LogP contribution in [0.25, 0.3) is 0 Å². The number of phenols is 1. The first-order valence-corrected chi connectivity index (χ1v) is 6.69. The van der Waals surface area contributed by atoms with Crippen LogP contribution in [0.3, 0.4) is 0 Å². The molecule has 0 aliphatic carbocycles. The van der Waals surface area contributed by atoms with Gasteiger partial charge in [-0.2, -0.15) is 0 Å². The van der Waals surface area contributed by atoms with Crippen molar-refractivity contribution in [2.45, 2.75) is 13.8 Å². The number of aromatic hydroxyl groups is 1. The lowest BCUT2D eigenvalue weighted by Crippen LogP contribution is -2.19. The summed E-state index contributed by atoms with van der Waals surface area (Å²) in [7, 11) is 0. The van der Waals surface area contributed by atoms with Crippen LogP contribution in [0.2, 0.25) is 0 Å². The molecule has 2 aromatic rings. The molecule has 0 saturated carbocycles. The summed E-state index contributed by atoms with van der Waals surface area (Å²) in [5.74, 6) is 0.780. The Morgan fingerprint density at radius 1 is 1.14 bits per heavy atom. The van der Waals surface area contributed by atoms with Crippen molar-refractivity contribution in [2.24, 2.45) is 0 Å². The summed E-state index contributed by atoms with van der Waals surface area (Å²) in [5, 5.41) is 15.0. The molecule has 0 aromatic heterocycles. The zero-order chi connectivity index (χ0) is 15.2. The fourth-order valence-electron chi connectivity index (χ4n) is 1.84. The number of phenolic OH excluding ortho intramolecular Hbond substituents is 1. The van der Waals surface area contributed by atoms with Gasteiger partial charge in [-0.3, -0.25) is 0 Å². The molecule has 2 amide bonds. The van der Waals surface area contributed by atoms with Gasteiger partial charge in [0.05, 0.1) is 12.3 Å². The smallest absolute Gasteiger partial charge is 0.323 e. The van der Waals surface area contributed by atoms with E-state index in [1.54, 1.807) is 42.5 Å². The Morgan fingerprint density at radius 3 is 2.52 bits per heavy atom. The van der Waals surface area contributed by atoms with E-state index < -0.39 is 6.03 Å². The first kappa shape index (κ1) is 14.7. The Labute approximate surface area is 123 Å². The molecule has 0 aliphatic rings. The van der Waals surface area contributed by atoms with E-state index in [-0.39, 0.29) is 5.75 Å². The molecule has 2 aromatic carbocycles. The maximum Gasteiger partial charge on any atom is 0.323 e. The predicted molar refractivity (Wildman–Crippen MR) is 83.1 cm³/mol. The Morgan fingerprint density at radius 2 is 1.86 bits per heavy atom. The summed E-state index contributed by atoms with van der Waals surface area (Å²) < 4.78 is 5.33. The summed E-state index contributed by atoms with van der Waals surface area (Å²) in [6.07, 6.45) is 0. The lowest BCUT2D eigenvalue weighted by Gasteiger charge is -2.10. The number of hydrogen-bond acceptors (Lipinski definition) is 3. The van der Waals surface area contributed by atoms with E-state index in [9.17, 15) is 9.90 Å². The van der Waals surface area contributed by atoms with Crippen LogP contribution >= 0.6 is 0 Å². The number of nitrogens with one attached hydrogen (secondary N) is 2. The number of carbonyl (C=O) groups excluding carboxylic acids is 1. The normalized spacial score (nSPS) is 10.0. The number of ether oxygens (including phenoxy) is 1. The molecule has 110 valence electrons. The van der Waals surface area contributed by atoms with E-state index >= 15 is 0 Å². The highest BCUT2D eigenvalue weighted by atomic mass is 16.5. The first-order valence-electron chi connectivity index (χ1n) is 6.69. The van der Waals surface area contributed by atoms with Crippen molar-refractivity contribution in [2.75, 3.05) is 17.2 Å². The standard InChI is InChI=1S/C16H18N2O3/c1-3-21-13-7-5-12(6-8-13)17-16(20)18-14-10-11(2)4-9-15(14)19/h4-10,19H,3H2,1-2H3,(H2,17,18,20). The van der Waals surface area contributed by atoms with Crippen molar-refractivity contribution < 1.29 is 14.6 Å². The van der Waals surface area contributed by atoms with Crippen molar-refractivity contribution in [3.05, 3.63) is 48.0 Å². The number of amides is 2. The molecule has 0 atom stereocenters. The minimum absolute atomic E-state index is 0.0300. The van der Waals surface area contributed by atoms with Gasteiger partial charge in [-0.1, -0.05) is 6.07 Å². The van der Waals surface area contributed by atoms with Crippen LogP contribution in [0, 0.1) is 6.92 Å². The summed E-state index contributed by atoms with van der Waals surface area (Å²) in [6, 6.07) is 11.7. The average Bonchev–Trinajstić information content (AvgIpc) is 2.45. The van der Waals surface area contributed by atoms with Crippen LogP contribution < -0.4 is 15.4 Å². The molecule has 0 aliphatic heterocycles. The first-order chi connectivity index (χ1) is 10.1. The number of hydrogen-bond donors (Lipinski definition) is 3. The molecule has 3 N–H and O–H groups in total. The van der Waals surface area contributed by atoms with Gasteiger partial charge in [0.25, 0.3) is 0 Å². The van der Waals surface area contributed by atoms with Gasteiger partial charge in [-0.05, 0) is 55.8 Å². The third kappa shape index (κ3) is 4.14. The Hall–Kier alpha value is -2.69. The molecule has 0 bridgehead atoms. The van der Waals surface area contributed by atoms with Gasteiger partial charge < -0.3 is 20.5 Å². The molecule has 0 saturated heterocycles. The molecule has 0 fully saturated rings. The summed E-state index contributed by atoms with van der Waals surface area (Å²) in [5.41, 5.74) is 1.96. The van der Waals surface area contributed by atoms with Gasteiger partial charge in [0.1, 0.15) is 11.5 Å². The molecule has 0 radical (unpaired) electrons. The fourth-order valence-corrected chi connectivity index (χ4v) is 1.84. The lowest BCUT2D eigenvalue weighted by atomic mass is 10.2. The van der Waals surface area contributed by atoms with Crippen LogP contribution in [-0.2, 0) is 0 Å². The van der Waals surface area contributed by atoms with Gasteiger partial charge in [-0.25, -0.2) is 4.79 Å². The van der Waals surface area contributed by atoms with Crippen LogP contribution in [-0.4, -0.2) is 17.7 Å². The number of aryl methyl sites for hydroxylation is 1. The quantitative estimate of drug-likeness (QED) is 0.750. The van der Waals surface area contributed by atoms with Gasteiger partial charge in [-0.15, -0.1) is 0 Å². The van der Waals surface area contributed by atoms with E-state index in [2.05, 4.69) is 10.6 Å². The Bertz CT molecular complexity index is 624. The molecular formula is C16H18N2O3. The minimum atomic E-state index is -0.417. The highest BCUT2D eigenvalue weighted by molar-refractivity contribution is 6.00. The number of carbonyl (C=O) groups is 1. The van der Waals surface area contributed by atoms with Crippen LogP contribution in [0.15, 0.2) is 42.5 Å². The van der Waals surface area contributed by atoms with Gasteiger partial charge >= 0.3 is 6.03 Å². The molecular weight excluding hydrogens is 268 g/mol. The topological polar surface area (TPSA) is 70.6 Å². The highest BCUT2D eigenvalue weighted by Crippen LogP contribution is 2.24. The Balaban J connectivity index is 1.99. The van der Waals surface area contributed by atoms with Crippen molar-refractivity contribution in [3.8, 4) is 11.5 Å². The second-order valence-corrected chi connectivity index (χ2v) is 4.56. The van der Waals surface area contributed by atoms with E-state index in [0.717, 1.165) is 11.3 Å². The molecule has 0 unspecified atom stereocenters. The van der Waals surface area contributed by atoms with E-state index in [1.165, 1.54) is 0 Å². The zero-order valence-corrected chi connectivity index (χ0v) is 12.0. The maximum atomic E-state index is 11.9. The number of benzene rings is 2. The van der Waals surface area contributed by atoms with E-state index in [4.69, 9.17) is 4.74 Å². The molecule has 0 heterocycles. The average molecular weight is 286 g/mol. The Kier molecular flexibility index (Phi) is 4.66. The second-order valence-electron chi connectivity index (χ2n) is 4.56. The largest absolute Gasteiger partial charge is 0.506 e. The van der Waals surface area contributed by atoms with Gasteiger partial charge in [0.15, 0.2) is 0 Å². The van der Waals surface area contributed by atoms with E-state index in [0.29, 0.717) is 18.0 Å². The van der Waals surface area contributed by atoms with Crippen molar-refractivity contribution in [1.82, 2.24) is 0 Å². The van der Waals surface area contributed by atoms with Gasteiger partial charge in [0.2, 0.25) is 0 Å². The van der Waals surface area contributed by atoms with Crippen molar-refractivity contribution in [1.29, 1.82) is 0 Å². The van der Waals surface area contributed by atoms with Crippen molar-refractivity contribution in [3.63, 3.8) is 0 Å². The molecule has 5 nitrogen and oxygen atoms in total. The van der Waals surface area contributed by atoms with E-state index in [1.807, 2.05) is 13.8 Å². The molecule has 5 heteroatoms. The zero-order valence-electron chi connectivity index (χ0n) is 12.0. The lowest BCUT2D eigenvalue weighted by molar-refractivity contribution is 0.262. The second kappa shape index (κ2) is 6.65. The number of urea groups is 1. The molecule has 21 heavy (non-hydrogen) atoms. The maximum absolute atomic E-state index is 11.9. The SMILES string of the molecule is CCOc1ccc(NC(=O)Nc2cc(C)ccc2O)cc1. The predicted octanol–water partition coefficient (Wildman–Crippen LogP) is 3.74. The number of anilines is 2. The minimum Gasteiger partial charge on any atom is -0.506 e. The third-order valence-corrected chi connectivity index (χ3v) is 2.82. The van der Waals surface area contributed by atoms with Crippen LogP contribution in [0.5, 0.6) is 11.5 Å². The summed E-state index contributed by atoms with van der Waals surface area (Å²) >= 11 is 0. The monoisotopic (exact) mass is 286 g/mol. The highest BCUT2D eigenvalue weighted by Gasteiger charge is 2.07. The third-order valence-electron chi connectivity index (χ3n) is 2.82. The molecule has 2 rings (SSSR count). The van der Waals surface area contributed by atoms with Crippen LogP contribution in [0.1, 0.15) is 12.5 Å². The van der Waals surface area contributed by atoms with Crippen LogP contribution in [0.4, 0.5) is 16.2 Å². The van der Waals surface area contributed by atoms with Crippen molar-refractivity contribution >= 4 is 17.4 Å². The summed E-state index contributed by atoms with van der Waals surface area (Å²) in [6.45, 7) is 4.39. The van der Waals surface area contributed by atoms with Gasteiger partial charge in [0, 0.05) is 5.69 Å². The summed E-state index contributed by atoms with van der Waals surface area (Å²) in [4.78, 5) is 11.9.